The van der Waals surface area contributed by atoms with E-state index in [0.29, 0.717) is 95.9 Å². The number of rotatable bonds is 12. The van der Waals surface area contributed by atoms with Crippen molar-refractivity contribution in [2.24, 2.45) is 45.3 Å². The van der Waals surface area contributed by atoms with Crippen LogP contribution >= 0.6 is 0 Å². The molecule has 104 heavy (non-hydrogen) atoms. The molecule has 0 aliphatic heterocycles. The summed E-state index contributed by atoms with van der Waals surface area (Å²) >= 11 is 0. The van der Waals surface area contributed by atoms with Gasteiger partial charge < -0.3 is 80.2 Å². The van der Waals surface area contributed by atoms with Crippen LogP contribution < -0.4 is 18.9 Å². The van der Waals surface area contributed by atoms with Gasteiger partial charge >= 0.3 is 0 Å². The number of hydrogen-bond acceptors (Lipinski definition) is 16. The second-order valence-corrected chi connectivity index (χ2v) is 35.1. The molecule has 0 aromatic heterocycles. The summed E-state index contributed by atoms with van der Waals surface area (Å²) in [4.78, 5) is 0. The van der Waals surface area contributed by atoms with Crippen molar-refractivity contribution >= 4 is 0 Å². The van der Waals surface area contributed by atoms with Crippen LogP contribution in [0.2, 0.25) is 0 Å². The van der Waals surface area contributed by atoms with Gasteiger partial charge in [-0.05, 0) is 217 Å². The van der Waals surface area contributed by atoms with E-state index in [4.69, 9.17) is 18.9 Å². The summed E-state index contributed by atoms with van der Waals surface area (Å²) in [6.07, 6.45) is 7.12. The summed E-state index contributed by atoms with van der Waals surface area (Å²) in [6.45, 7) is 26.3. The fraction of sp³-hybridized carbons (Fsp3) is 0.455. The molecule has 12 atom stereocenters. The van der Waals surface area contributed by atoms with Crippen molar-refractivity contribution in [3.63, 3.8) is 0 Å². The van der Waals surface area contributed by atoms with Crippen LogP contribution in [-0.2, 0) is 0 Å². The lowest BCUT2D eigenvalue weighted by Gasteiger charge is -2.40. The molecule has 12 unspecified atom stereocenters. The third kappa shape index (κ3) is 15.1. The van der Waals surface area contributed by atoms with Gasteiger partial charge in [0.15, 0.2) is 46.0 Å². The van der Waals surface area contributed by atoms with E-state index < -0.39 is 94.1 Å². The predicted octanol–water partition coefficient (Wildman–Crippen LogP) is 19.6. The maximum atomic E-state index is 13.6. The van der Waals surface area contributed by atoms with Crippen LogP contribution in [0.25, 0.3) is 0 Å². The van der Waals surface area contributed by atoms with Gasteiger partial charge in [0.05, 0.1) is 24.4 Å². The van der Waals surface area contributed by atoms with E-state index >= 15 is 0 Å². The molecule has 4 fully saturated rings. The highest BCUT2D eigenvalue weighted by atomic mass is 16.5. The van der Waals surface area contributed by atoms with Gasteiger partial charge in [-0.15, -0.1) is 0 Å². The first-order valence-electron chi connectivity index (χ1n) is 37.1. The van der Waals surface area contributed by atoms with Gasteiger partial charge in [-0.3, -0.25) is 0 Å². The molecule has 8 aromatic rings. The van der Waals surface area contributed by atoms with Gasteiger partial charge in [0.1, 0.15) is 46.0 Å². The Hall–Kier alpha value is -9.44. The van der Waals surface area contributed by atoms with Crippen LogP contribution in [-0.4, -0.2) is 85.7 Å². The molecular weight excluding hydrogens is 1310 g/mol. The van der Waals surface area contributed by atoms with Gasteiger partial charge in [0.25, 0.3) is 0 Å². The Morgan fingerprint density at radius 2 is 0.423 bits per heavy atom. The number of hydrogen-bond donors (Lipinski definition) is 12. The van der Waals surface area contributed by atoms with Gasteiger partial charge in [-0.2, -0.15) is 0 Å². The molecule has 12 N–H and O–H groups in total. The number of aromatic hydroxyl groups is 12. The number of phenols is 12. The number of benzene rings is 8. The summed E-state index contributed by atoms with van der Waals surface area (Å²) in [5.74, 6) is -7.90. The van der Waals surface area contributed by atoms with Crippen molar-refractivity contribution in [3.8, 4) is 92.0 Å². The molecule has 5 aliphatic carbocycles. The third-order valence-electron chi connectivity index (χ3n) is 23.0. The fourth-order valence-corrected chi connectivity index (χ4v) is 19.7. The van der Waals surface area contributed by atoms with E-state index in [0.717, 1.165) is 25.7 Å². The van der Waals surface area contributed by atoms with Crippen molar-refractivity contribution in [2.75, 3.05) is 0 Å². The summed E-state index contributed by atoms with van der Waals surface area (Å²) < 4.78 is 29.6. The minimum atomic E-state index is -1.22. The van der Waals surface area contributed by atoms with Gasteiger partial charge in [-0.25, -0.2) is 0 Å². The first kappa shape index (κ1) is 72.9. The molecule has 13 rings (SSSR count). The van der Waals surface area contributed by atoms with Crippen molar-refractivity contribution in [3.05, 3.63) is 188 Å². The summed E-state index contributed by atoms with van der Waals surface area (Å²) in [6, 6.07) is 31.0. The van der Waals surface area contributed by atoms with Crippen LogP contribution in [0.1, 0.15) is 251 Å². The summed E-state index contributed by atoms with van der Waals surface area (Å²) in [5, 5.41) is 147. The molecule has 8 bridgehead atoms. The summed E-state index contributed by atoms with van der Waals surface area (Å²) in [7, 11) is 0. The second kappa shape index (κ2) is 27.6. The number of ether oxygens (including phenoxy) is 4. The first-order chi connectivity index (χ1) is 48.9. The van der Waals surface area contributed by atoms with E-state index in [1.807, 2.05) is 0 Å². The van der Waals surface area contributed by atoms with Crippen molar-refractivity contribution in [1.82, 2.24) is 0 Å². The molecule has 4 saturated carbocycles. The molecule has 552 valence electrons. The van der Waals surface area contributed by atoms with E-state index in [-0.39, 0.29) is 114 Å². The molecule has 0 saturated heterocycles. The standard InChI is InChI=1S/C88H104O16/c1-45-21-53(41-85(5,6)37-45)101-77-33-69(93)57-29-61(77)81(49-13-17-65(89)73(97)25-49)58-30-62(78(34-70(58)94)102-54-22-46(2)38-86(7,8)42-54)83(51-15-19-67(91)75(99)27-51)60-32-64(80(36-72(60)96)104-56-24-48(4)40-88(11,12)44-56)84(52-16-20-68(92)76(100)28-52)59-31-63(82(57)50-14-18-66(90)74(98)26-50)79(35-71(59)95)103-55-23-47(3)39-87(9,10)43-55/h13-20,25-36,45-48,53-56,81-84,89-100H,21-24,37-44H2,1-12H3. The quantitative estimate of drug-likeness (QED) is 0.0507. The topological polar surface area (TPSA) is 280 Å². The Morgan fingerprint density at radius 1 is 0.231 bits per heavy atom. The highest BCUT2D eigenvalue weighted by Crippen LogP contribution is 2.58. The summed E-state index contributed by atoms with van der Waals surface area (Å²) in [5.41, 5.74) is 2.86. The van der Waals surface area contributed by atoms with Crippen LogP contribution in [0.5, 0.6) is 92.0 Å². The lowest BCUT2D eigenvalue weighted by atomic mass is 9.71. The van der Waals surface area contributed by atoms with Crippen LogP contribution in [0.3, 0.4) is 0 Å². The zero-order valence-corrected chi connectivity index (χ0v) is 62.0. The Balaban J connectivity index is 1.23. The average molecular weight is 1420 g/mol. The molecule has 16 heteroatoms. The van der Waals surface area contributed by atoms with E-state index in [9.17, 15) is 61.3 Å². The Bertz CT molecular complexity index is 3990. The molecular formula is C88H104O16. The van der Waals surface area contributed by atoms with Gasteiger partial charge in [-0.1, -0.05) is 107 Å². The zero-order chi connectivity index (χ0) is 74.5. The number of fused-ring (bicyclic) bond motifs is 8. The normalized spacial score (nSPS) is 26.2. The van der Waals surface area contributed by atoms with Crippen LogP contribution in [0.4, 0.5) is 0 Å². The van der Waals surface area contributed by atoms with Crippen molar-refractivity contribution in [2.45, 2.75) is 208 Å². The van der Waals surface area contributed by atoms with Crippen LogP contribution in [0.15, 0.2) is 121 Å². The highest BCUT2D eigenvalue weighted by Gasteiger charge is 2.43. The first-order valence-corrected chi connectivity index (χ1v) is 37.1. The monoisotopic (exact) mass is 1420 g/mol. The zero-order valence-electron chi connectivity index (χ0n) is 62.0. The molecule has 16 nitrogen and oxygen atoms in total. The molecule has 0 radical (unpaired) electrons. The van der Waals surface area contributed by atoms with Crippen molar-refractivity contribution < 1.29 is 80.2 Å². The molecule has 8 aromatic carbocycles. The molecule has 0 spiro atoms. The van der Waals surface area contributed by atoms with Crippen LogP contribution in [0, 0.1) is 45.3 Å². The maximum absolute atomic E-state index is 13.6. The minimum Gasteiger partial charge on any atom is -0.507 e. The number of phenolic OH excluding ortho intramolecular Hbond substituents is 12. The fourth-order valence-electron chi connectivity index (χ4n) is 19.7. The molecule has 0 amide bonds. The molecule has 0 heterocycles. The Labute approximate surface area is 610 Å². The lowest BCUT2D eigenvalue weighted by Crippen LogP contribution is -2.34. The third-order valence-corrected chi connectivity index (χ3v) is 23.0. The predicted molar refractivity (Wildman–Crippen MR) is 400 cm³/mol. The van der Waals surface area contributed by atoms with Gasteiger partial charge in [0, 0.05) is 92.4 Å². The Kier molecular flexibility index (Phi) is 19.3. The molecule has 5 aliphatic rings. The van der Waals surface area contributed by atoms with E-state index in [1.54, 1.807) is 72.8 Å². The van der Waals surface area contributed by atoms with E-state index in [2.05, 4.69) is 83.1 Å². The second-order valence-electron chi connectivity index (χ2n) is 35.1. The van der Waals surface area contributed by atoms with Gasteiger partial charge in [0.2, 0.25) is 0 Å². The maximum Gasteiger partial charge on any atom is 0.157 e. The SMILES string of the molecule is CC1CC(Oc2cc(O)c3cc2C(c2ccc(O)c(O)c2)c2cc(c(OC4CC(C)CC(C)(C)C4)cc2O)C(c2ccc(O)c(O)c2)c2cc(c(OC4CC(C)CC(C)(C)C4)cc2O)C(c2ccc(O)c(O)c2)c2cc(c(OC4CC(C)CC(C)(C)C4)cc2O)C3c2ccc(O)c(O)c2)CC(C)(C)C1. The smallest absolute Gasteiger partial charge is 0.157 e. The highest BCUT2D eigenvalue weighted by molar-refractivity contribution is 5.69. The van der Waals surface area contributed by atoms with Crippen molar-refractivity contribution in [1.29, 1.82) is 0 Å². The largest absolute Gasteiger partial charge is 0.507 e. The average Bonchev–Trinajstić information content (AvgIpc) is 0.735. The Morgan fingerprint density at radius 3 is 0.596 bits per heavy atom. The lowest BCUT2D eigenvalue weighted by molar-refractivity contribution is 0.0550. The van der Waals surface area contributed by atoms with E-state index in [1.165, 1.54) is 48.5 Å². The minimum absolute atomic E-state index is 0.175.